The van der Waals surface area contributed by atoms with Crippen LogP contribution in [0.25, 0.3) is 5.76 Å². The summed E-state index contributed by atoms with van der Waals surface area (Å²) in [6.45, 7) is 3.54. The Bertz CT molecular complexity index is 835. The number of aryl methyl sites for hydroxylation is 2. The van der Waals surface area contributed by atoms with Crippen LogP contribution in [-0.2, 0) is 19.4 Å². The zero-order valence-corrected chi connectivity index (χ0v) is 18.7. The molecule has 1 fully saturated rings. The van der Waals surface area contributed by atoms with Crippen LogP contribution in [0.15, 0.2) is 36.9 Å². The number of rotatable bonds is 9. The van der Waals surface area contributed by atoms with Gasteiger partial charge in [-0.25, -0.2) is 0 Å². The number of benzene rings is 1. The van der Waals surface area contributed by atoms with Crippen molar-refractivity contribution >= 4 is 40.3 Å². The van der Waals surface area contributed by atoms with Crippen molar-refractivity contribution in [3.8, 4) is 0 Å². The van der Waals surface area contributed by atoms with E-state index in [0.717, 1.165) is 48.1 Å². The predicted molar refractivity (Wildman–Crippen MR) is 122 cm³/mol. The molecule has 29 heavy (non-hydrogen) atoms. The quantitative estimate of drug-likeness (QED) is 0.322. The molecule has 1 aromatic heterocycles. The minimum atomic E-state index is -0.370. The Hall–Kier alpha value is -1.04. The van der Waals surface area contributed by atoms with Gasteiger partial charge in [-0.15, -0.1) is 22.9 Å². The molecule has 3 N–H and O–H groups in total. The fraction of sp³-hybridized carbons (Fsp3) is 0.478. The highest BCUT2D eigenvalue weighted by molar-refractivity contribution is 7.13. The minimum Gasteiger partial charge on any atom is -0.507 e. The number of hydrogen-bond donors (Lipinski definition) is 3. The first-order valence-corrected chi connectivity index (χ1v) is 11.7. The van der Waals surface area contributed by atoms with Gasteiger partial charge in [0.25, 0.3) is 0 Å². The predicted octanol–water partition coefficient (Wildman–Crippen LogP) is 5.98. The molecule has 1 aromatic carbocycles. The van der Waals surface area contributed by atoms with Gasteiger partial charge in [0.2, 0.25) is 0 Å². The van der Waals surface area contributed by atoms with Gasteiger partial charge in [-0.2, -0.15) is 0 Å². The molecule has 0 unspecified atom stereocenters. The van der Waals surface area contributed by atoms with E-state index in [1.807, 2.05) is 24.3 Å². The Morgan fingerprint density at radius 2 is 1.86 bits per heavy atom. The maximum absolute atomic E-state index is 10.6. The fourth-order valence-electron chi connectivity index (χ4n) is 4.40. The summed E-state index contributed by atoms with van der Waals surface area (Å²) in [4.78, 5) is 2.04. The first kappa shape index (κ1) is 22.6. The van der Waals surface area contributed by atoms with Crippen molar-refractivity contribution in [1.29, 1.82) is 0 Å². The Kier molecular flexibility index (Phi) is 8.06. The van der Waals surface area contributed by atoms with Gasteiger partial charge in [-0.3, -0.25) is 0 Å². The van der Waals surface area contributed by atoms with Crippen LogP contribution in [0.3, 0.4) is 0 Å². The van der Waals surface area contributed by atoms with Gasteiger partial charge in [0.05, 0.1) is 17.6 Å². The van der Waals surface area contributed by atoms with Crippen LogP contribution in [0.1, 0.15) is 46.6 Å². The lowest BCUT2D eigenvalue weighted by molar-refractivity contribution is 0.109. The van der Waals surface area contributed by atoms with Crippen molar-refractivity contribution in [2.75, 3.05) is 0 Å². The van der Waals surface area contributed by atoms with Gasteiger partial charge >= 0.3 is 0 Å². The average Bonchev–Trinajstić information content (AvgIpc) is 3.25. The molecule has 1 saturated carbocycles. The second kappa shape index (κ2) is 10.3. The van der Waals surface area contributed by atoms with Crippen LogP contribution in [0, 0.1) is 11.8 Å². The maximum Gasteiger partial charge on any atom is 0.125 e. The van der Waals surface area contributed by atoms with Crippen molar-refractivity contribution in [3.05, 3.63) is 62.8 Å². The van der Waals surface area contributed by atoms with Gasteiger partial charge in [-0.1, -0.05) is 24.2 Å². The van der Waals surface area contributed by atoms with Crippen LogP contribution >= 0.6 is 34.5 Å². The molecule has 158 valence electrons. The zero-order chi connectivity index (χ0) is 21.0. The largest absolute Gasteiger partial charge is 0.507 e. The Labute approximate surface area is 186 Å². The zero-order valence-electron chi connectivity index (χ0n) is 16.4. The number of alkyl halides is 1. The molecular weight excluding hydrogens is 427 g/mol. The van der Waals surface area contributed by atoms with Crippen LogP contribution in [0.4, 0.5) is 0 Å². The van der Waals surface area contributed by atoms with Crippen molar-refractivity contribution in [1.82, 2.24) is 0 Å². The van der Waals surface area contributed by atoms with E-state index in [0.29, 0.717) is 11.4 Å². The molecule has 0 saturated heterocycles. The normalized spacial score (nSPS) is 24.1. The molecule has 3 nitrogen and oxygen atoms in total. The van der Waals surface area contributed by atoms with Crippen molar-refractivity contribution in [2.45, 2.75) is 56.6 Å². The number of aliphatic hydroxyl groups excluding tert-OH is 3. The molecule has 0 bridgehead atoms. The molecule has 6 heteroatoms. The van der Waals surface area contributed by atoms with Gasteiger partial charge in [-0.05, 0) is 85.8 Å². The molecule has 4 atom stereocenters. The topological polar surface area (TPSA) is 60.7 Å². The van der Waals surface area contributed by atoms with E-state index in [1.54, 1.807) is 17.4 Å². The van der Waals surface area contributed by atoms with E-state index < -0.39 is 0 Å². The molecule has 0 aliphatic heterocycles. The second-order valence-electron chi connectivity index (χ2n) is 7.92. The summed E-state index contributed by atoms with van der Waals surface area (Å²) in [7, 11) is 0. The molecule has 1 aliphatic carbocycles. The number of aliphatic hydroxyl groups is 3. The SMILES string of the molecule is C=C(O)c1ccc(CCC[C@@H]2[C@@H](CCc3cc(Cl)cc(CO)c3)[C@H](O)C[C@H]2Cl)s1. The molecule has 0 spiro atoms. The van der Waals surface area contributed by atoms with Crippen molar-refractivity contribution in [3.63, 3.8) is 0 Å². The van der Waals surface area contributed by atoms with Crippen molar-refractivity contribution in [2.24, 2.45) is 11.8 Å². The van der Waals surface area contributed by atoms with Gasteiger partial charge in [0.15, 0.2) is 0 Å². The minimum absolute atomic E-state index is 0.00141. The summed E-state index contributed by atoms with van der Waals surface area (Å²) >= 11 is 14.3. The van der Waals surface area contributed by atoms with E-state index in [4.69, 9.17) is 23.2 Å². The molecule has 0 radical (unpaired) electrons. The van der Waals surface area contributed by atoms with Gasteiger partial charge < -0.3 is 15.3 Å². The number of thiophene rings is 1. The highest BCUT2D eigenvalue weighted by Crippen LogP contribution is 2.42. The molecular formula is C23H28Cl2O3S. The van der Waals surface area contributed by atoms with Crippen LogP contribution in [0.2, 0.25) is 5.02 Å². The van der Waals surface area contributed by atoms with E-state index >= 15 is 0 Å². The molecule has 0 amide bonds. The summed E-state index contributed by atoms with van der Waals surface area (Å²) in [5.41, 5.74) is 1.90. The van der Waals surface area contributed by atoms with E-state index in [1.165, 1.54) is 4.88 Å². The third kappa shape index (κ3) is 5.99. The summed E-state index contributed by atoms with van der Waals surface area (Å²) < 4.78 is 0. The Morgan fingerprint density at radius 1 is 1.10 bits per heavy atom. The summed E-state index contributed by atoms with van der Waals surface area (Å²) in [6.07, 6.45) is 4.85. The van der Waals surface area contributed by atoms with Crippen molar-refractivity contribution < 1.29 is 15.3 Å². The van der Waals surface area contributed by atoms with Gasteiger partial charge in [0.1, 0.15) is 5.76 Å². The molecule has 2 aromatic rings. The lowest BCUT2D eigenvalue weighted by Crippen LogP contribution is -2.21. The molecule has 1 aliphatic rings. The highest BCUT2D eigenvalue weighted by atomic mass is 35.5. The lowest BCUT2D eigenvalue weighted by Gasteiger charge is -2.23. The smallest absolute Gasteiger partial charge is 0.125 e. The first-order valence-electron chi connectivity index (χ1n) is 10.1. The Morgan fingerprint density at radius 3 is 2.55 bits per heavy atom. The van der Waals surface area contributed by atoms with Gasteiger partial charge in [0, 0.05) is 15.3 Å². The monoisotopic (exact) mass is 454 g/mol. The third-order valence-electron chi connectivity index (χ3n) is 5.85. The molecule has 1 heterocycles. The van der Waals surface area contributed by atoms with E-state index in [2.05, 4.69) is 6.58 Å². The number of hydrogen-bond acceptors (Lipinski definition) is 4. The van der Waals surface area contributed by atoms with E-state index in [9.17, 15) is 15.3 Å². The third-order valence-corrected chi connectivity index (χ3v) is 7.76. The summed E-state index contributed by atoms with van der Waals surface area (Å²) in [5.74, 6) is 0.576. The number of halogens is 2. The highest BCUT2D eigenvalue weighted by Gasteiger charge is 2.40. The van der Waals surface area contributed by atoms with Crippen LogP contribution in [-0.4, -0.2) is 26.8 Å². The Balaban J connectivity index is 1.57. The molecule has 3 rings (SSSR count). The summed E-state index contributed by atoms with van der Waals surface area (Å²) in [6, 6.07) is 9.62. The second-order valence-corrected chi connectivity index (χ2v) is 10.1. The van der Waals surface area contributed by atoms with Crippen LogP contribution < -0.4 is 0 Å². The summed E-state index contributed by atoms with van der Waals surface area (Å²) in [5, 5.41) is 30.0. The fourth-order valence-corrected chi connectivity index (χ4v) is 6.10. The average molecular weight is 455 g/mol. The van der Waals surface area contributed by atoms with E-state index in [-0.39, 0.29) is 35.7 Å². The van der Waals surface area contributed by atoms with Crippen LogP contribution in [0.5, 0.6) is 0 Å². The first-order chi connectivity index (χ1) is 13.9. The lowest BCUT2D eigenvalue weighted by atomic mass is 9.85. The standard InChI is InChI=1S/C23H28Cl2O3S/c1-14(27)23-8-6-18(29-23)3-2-4-19-20(22(28)12-21(19)25)7-5-15-9-16(13-26)11-17(24)10-15/h6,8-11,19-22,26-28H,1-5,7,12-13H2/t19-,20-,21-,22-/m1/s1. The maximum atomic E-state index is 10.6.